The van der Waals surface area contributed by atoms with Crippen molar-refractivity contribution in [3.05, 3.63) is 18.2 Å². The molecule has 0 aromatic carbocycles. The van der Waals surface area contributed by atoms with Gasteiger partial charge in [-0.1, -0.05) is 6.42 Å². The van der Waals surface area contributed by atoms with Crippen molar-refractivity contribution in [1.29, 1.82) is 0 Å². The molecule has 0 radical (unpaired) electrons. The molecule has 0 spiro atoms. The van der Waals surface area contributed by atoms with Crippen molar-refractivity contribution in [3.8, 4) is 0 Å². The topological polar surface area (TPSA) is 269 Å². The molecular formula is C47H83N9O13. The van der Waals surface area contributed by atoms with Crippen molar-refractivity contribution >= 4 is 47.7 Å². The number of hydrogen-bond acceptors (Lipinski definition) is 17. The third-order valence-electron chi connectivity index (χ3n) is 8.63. The van der Waals surface area contributed by atoms with E-state index < -0.39 is 75.8 Å². The van der Waals surface area contributed by atoms with Crippen molar-refractivity contribution in [2.24, 2.45) is 0 Å². The maximum atomic E-state index is 13.4. The number of rotatable bonds is 26. The smallest absolute Gasteiger partial charge is 0.408 e. The standard InChI is InChI=1S/C47H83N9O13/c1-43(2,3)65-37(59)28-55(29-38(60)66-44(4,5)6)23-21-54(22-24-56(30-39(61)67-45(7,8)9)31-40(62)68-46(10,11)12)27-36(58)49-20-18-16-17-19-35(57)52-53-41(63)34(25-33-26-48-32-50-33)51-42(64)69-47(13,14)15/h26,32,34H,16-25,27-31H2,1-15H3,(H,48,50)(H,49,58)(H,51,64)(H,52,57)(H,53,63)/t34-/m1/s1. The largest absolute Gasteiger partial charge is 0.459 e. The Morgan fingerprint density at radius 2 is 0.957 bits per heavy atom. The number of alkyl carbamates (subject to hydrolysis) is 1. The molecule has 0 aliphatic rings. The van der Waals surface area contributed by atoms with Gasteiger partial charge < -0.3 is 39.3 Å². The minimum absolute atomic E-state index is 0.0369. The summed E-state index contributed by atoms with van der Waals surface area (Å²) in [7, 11) is 0. The lowest BCUT2D eigenvalue weighted by Gasteiger charge is -2.30. The first-order valence-corrected chi connectivity index (χ1v) is 23.4. The summed E-state index contributed by atoms with van der Waals surface area (Å²) in [5, 5.41) is 5.41. The Hall–Kier alpha value is -5.35. The van der Waals surface area contributed by atoms with Crippen LogP contribution in [0.1, 0.15) is 135 Å². The quantitative estimate of drug-likeness (QED) is 0.0387. The van der Waals surface area contributed by atoms with Crippen LogP contribution in [0, 0.1) is 0 Å². The molecule has 394 valence electrons. The summed E-state index contributed by atoms with van der Waals surface area (Å²) in [5.74, 6) is -3.69. The molecule has 4 amide bonds. The molecule has 22 heteroatoms. The maximum Gasteiger partial charge on any atom is 0.408 e. The minimum atomic E-state index is -1.09. The molecule has 0 unspecified atom stereocenters. The van der Waals surface area contributed by atoms with Crippen molar-refractivity contribution in [3.63, 3.8) is 0 Å². The van der Waals surface area contributed by atoms with Crippen LogP contribution in [0.3, 0.4) is 0 Å². The van der Waals surface area contributed by atoms with E-state index in [4.69, 9.17) is 23.7 Å². The van der Waals surface area contributed by atoms with Crippen molar-refractivity contribution in [2.45, 2.75) is 170 Å². The van der Waals surface area contributed by atoms with Crippen LogP contribution in [0.25, 0.3) is 0 Å². The Morgan fingerprint density at radius 1 is 0.536 bits per heavy atom. The number of H-pyrrole nitrogens is 1. The van der Waals surface area contributed by atoms with E-state index in [-0.39, 0.29) is 84.2 Å². The fourth-order valence-corrected chi connectivity index (χ4v) is 6.11. The molecule has 69 heavy (non-hydrogen) atoms. The summed E-state index contributed by atoms with van der Waals surface area (Å²) in [6, 6.07) is -1.09. The van der Waals surface area contributed by atoms with Crippen molar-refractivity contribution in [1.82, 2.24) is 46.2 Å². The Kier molecular flexibility index (Phi) is 25.3. The van der Waals surface area contributed by atoms with E-state index in [1.165, 1.54) is 6.33 Å². The molecule has 22 nitrogen and oxygen atoms in total. The summed E-state index contributed by atoms with van der Waals surface area (Å²) >= 11 is 0. The van der Waals surface area contributed by atoms with E-state index in [2.05, 4.69) is 31.5 Å². The Labute approximate surface area is 408 Å². The second-order valence-corrected chi connectivity index (χ2v) is 21.7. The molecule has 0 aliphatic heterocycles. The zero-order chi connectivity index (χ0) is 52.8. The number of aromatic nitrogens is 2. The van der Waals surface area contributed by atoms with Crippen molar-refractivity contribution < 1.29 is 62.0 Å². The van der Waals surface area contributed by atoms with E-state index in [1.807, 2.05) is 0 Å². The summed E-state index contributed by atoms with van der Waals surface area (Å²) in [4.78, 5) is 115. The molecule has 0 fully saturated rings. The SMILES string of the molecule is CC(C)(C)OC(=O)CN(CCN(CCN(CC(=O)OC(C)(C)C)CC(=O)OC(C)(C)C)CC(=O)NCCCCCC(=O)NNC(=O)[C@@H](Cc1c[nH]cn1)NC(=O)OC(C)(C)C)CC(=O)OC(C)(C)C. The highest BCUT2D eigenvalue weighted by atomic mass is 16.6. The van der Waals surface area contributed by atoms with Gasteiger partial charge in [-0.25, -0.2) is 9.78 Å². The number of aromatic amines is 1. The average molecular weight is 982 g/mol. The summed E-state index contributed by atoms with van der Waals surface area (Å²) in [5.41, 5.74) is 1.33. The number of nitrogens with one attached hydrogen (secondary N) is 5. The molecule has 0 aliphatic carbocycles. The van der Waals surface area contributed by atoms with Gasteiger partial charge in [0.25, 0.3) is 5.91 Å². The van der Waals surface area contributed by atoms with Gasteiger partial charge in [-0.15, -0.1) is 0 Å². The molecule has 1 rings (SSSR count). The van der Waals surface area contributed by atoms with Gasteiger partial charge in [-0.3, -0.25) is 59.1 Å². The van der Waals surface area contributed by atoms with Crippen LogP contribution >= 0.6 is 0 Å². The van der Waals surface area contributed by atoms with Gasteiger partial charge in [0, 0.05) is 51.8 Å². The molecule has 1 aromatic rings. The highest BCUT2D eigenvalue weighted by Gasteiger charge is 2.28. The highest BCUT2D eigenvalue weighted by molar-refractivity contribution is 5.88. The van der Waals surface area contributed by atoms with Crippen LogP contribution in [0.15, 0.2) is 12.5 Å². The molecule has 0 saturated heterocycles. The number of hydrazine groups is 1. The number of esters is 4. The number of unbranched alkanes of at least 4 members (excludes halogenated alkanes) is 2. The second-order valence-electron chi connectivity index (χ2n) is 21.7. The first-order valence-electron chi connectivity index (χ1n) is 23.4. The van der Waals surface area contributed by atoms with Gasteiger partial charge in [0.2, 0.25) is 11.8 Å². The lowest BCUT2D eigenvalue weighted by Crippen LogP contribution is -2.53. The predicted octanol–water partition coefficient (Wildman–Crippen LogP) is 2.94. The Bertz CT molecular complexity index is 1680. The number of imidazole rings is 1. The third kappa shape index (κ3) is 33.7. The average Bonchev–Trinajstić information content (AvgIpc) is 3.65. The number of ether oxygens (including phenoxy) is 5. The van der Waals surface area contributed by atoms with Crippen LogP contribution in [-0.4, -0.2) is 172 Å². The van der Waals surface area contributed by atoms with Gasteiger partial charge in [0.05, 0.1) is 44.7 Å². The zero-order valence-electron chi connectivity index (χ0n) is 43.9. The molecule has 5 N–H and O–H groups in total. The lowest BCUT2D eigenvalue weighted by molar-refractivity contribution is -0.162. The molecule has 0 saturated carbocycles. The maximum absolute atomic E-state index is 13.4. The fraction of sp³-hybridized carbons (Fsp3) is 0.766. The monoisotopic (exact) mass is 982 g/mol. The van der Waals surface area contributed by atoms with Gasteiger partial charge in [0.1, 0.15) is 34.0 Å². The van der Waals surface area contributed by atoms with Crippen LogP contribution in [-0.2, 0) is 63.7 Å². The zero-order valence-corrected chi connectivity index (χ0v) is 43.9. The molecule has 0 bridgehead atoms. The normalized spacial score (nSPS) is 12.8. The molecule has 1 aromatic heterocycles. The van der Waals surface area contributed by atoms with E-state index in [1.54, 1.807) is 125 Å². The first-order chi connectivity index (χ1) is 31.6. The molecule has 1 heterocycles. The van der Waals surface area contributed by atoms with Gasteiger partial charge in [-0.2, -0.15) is 0 Å². The fourth-order valence-electron chi connectivity index (χ4n) is 6.11. The van der Waals surface area contributed by atoms with Crippen molar-refractivity contribution in [2.75, 3.05) is 65.4 Å². The number of amides is 4. The van der Waals surface area contributed by atoms with Gasteiger partial charge in [-0.05, 0) is 117 Å². The van der Waals surface area contributed by atoms with Gasteiger partial charge in [0.15, 0.2) is 0 Å². The van der Waals surface area contributed by atoms with Crippen LogP contribution in [0.2, 0.25) is 0 Å². The Morgan fingerprint density at radius 3 is 1.35 bits per heavy atom. The minimum Gasteiger partial charge on any atom is -0.459 e. The number of carbonyl (C=O) groups excluding carboxylic acids is 8. The van der Waals surface area contributed by atoms with Crippen LogP contribution in [0.4, 0.5) is 4.79 Å². The third-order valence-corrected chi connectivity index (χ3v) is 8.63. The Balaban J connectivity index is 3.03. The van der Waals surface area contributed by atoms with Crippen LogP contribution in [0.5, 0.6) is 0 Å². The highest BCUT2D eigenvalue weighted by Crippen LogP contribution is 2.13. The molecular weight excluding hydrogens is 899 g/mol. The summed E-state index contributed by atoms with van der Waals surface area (Å²) in [6.45, 7) is 25.8. The second kappa shape index (κ2) is 28.3. The van der Waals surface area contributed by atoms with E-state index >= 15 is 0 Å². The first kappa shape index (κ1) is 61.7. The number of nitrogens with zero attached hydrogens (tertiary/aromatic N) is 4. The summed E-state index contributed by atoms with van der Waals surface area (Å²) < 4.78 is 27.4. The van der Waals surface area contributed by atoms with E-state index in [9.17, 15) is 38.4 Å². The number of carbonyl (C=O) groups is 8. The molecule has 1 atom stereocenters. The van der Waals surface area contributed by atoms with E-state index in [0.29, 0.717) is 25.0 Å². The summed E-state index contributed by atoms with van der Waals surface area (Å²) in [6.07, 6.45) is 3.83. The van der Waals surface area contributed by atoms with E-state index in [0.717, 1.165) is 0 Å². The van der Waals surface area contributed by atoms with Gasteiger partial charge >= 0.3 is 30.0 Å². The predicted molar refractivity (Wildman–Crippen MR) is 256 cm³/mol. The van der Waals surface area contributed by atoms with Crippen LogP contribution < -0.4 is 21.5 Å². The number of hydrogen-bond donors (Lipinski definition) is 5. The lowest BCUT2D eigenvalue weighted by atomic mass is 10.1.